The minimum atomic E-state index is -0.877. The summed E-state index contributed by atoms with van der Waals surface area (Å²) >= 11 is 0. The Morgan fingerprint density at radius 2 is 1.87 bits per heavy atom. The molecule has 7 heteroatoms. The van der Waals surface area contributed by atoms with E-state index in [0.29, 0.717) is 18.8 Å². The lowest BCUT2D eigenvalue weighted by Crippen LogP contribution is -2.54. The number of likely N-dealkylation sites (N-methyl/N-ethyl adjacent to an activating group) is 1. The molecule has 2 fully saturated rings. The zero-order valence-electron chi connectivity index (χ0n) is 22.7. The Kier molecular flexibility index (Phi) is 8.27. The molecule has 1 aromatic heterocycles. The van der Waals surface area contributed by atoms with Crippen LogP contribution in [0.4, 0.5) is 0 Å². The predicted octanol–water partition coefficient (Wildman–Crippen LogP) is 4.00. The number of aromatic nitrogens is 2. The van der Waals surface area contributed by atoms with Crippen LogP contribution in [-0.4, -0.2) is 81.8 Å². The van der Waals surface area contributed by atoms with Crippen molar-refractivity contribution in [1.29, 1.82) is 0 Å². The van der Waals surface area contributed by atoms with Crippen LogP contribution in [-0.2, 0) is 6.42 Å². The highest BCUT2D eigenvalue weighted by molar-refractivity contribution is 5.98. The molecule has 1 saturated carbocycles. The number of amides is 1. The van der Waals surface area contributed by atoms with Gasteiger partial charge in [-0.25, -0.2) is 4.98 Å². The van der Waals surface area contributed by atoms with Crippen molar-refractivity contribution in [3.05, 3.63) is 78.2 Å². The van der Waals surface area contributed by atoms with Gasteiger partial charge in [0.15, 0.2) is 5.69 Å². The molecule has 0 radical (unpaired) electrons. The first-order valence-electron chi connectivity index (χ1n) is 14.1. The van der Waals surface area contributed by atoms with E-state index in [9.17, 15) is 9.90 Å². The summed E-state index contributed by atoms with van der Waals surface area (Å²) < 4.78 is 2.11. The van der Waals surface area contributed by atoms with Gasteiger partial charge in [0.2, 0.25) is 0 Å². The summed E-state index contributed by atoms with van der Waals surface area (Å²) in [7, 11) is 2.06. The van der Waals surface area contributed by atoms with Gasteiger partial charge in [0.25, 0.3) is 5.91 Å². The van der Waals surface area contributed by atoms with Crippen molar-refractivity contribution in [3.63, 3.8) is 0 Å². The van der Waals surface area contributed by atoms with Crippen molar-refractivity contribution in [2.24, 2.45) is 0 Å². The molecule has 1 aliphatic heterocycles. The lowest BCUT2D eigenvalue weighted by Gasteiger charge is -2.43. The quantitative estimate of drug-likeness (QED) is 0.474. The summed E-state index contributed by atoms with van der Waals surface area (Å²) in [4.78, 5) is 23.2. The topological polar surface area (TPSA) is 73.6 Å². The summed E-state index contributed by atoms with van der Waals surface area (Å²) in [5.74, 6) is -0.0324. The molecular weight excluding hydrogens is 474 g/mol. The number of carbonyl (C=O) groups excluding carboxylic acids is 1. The van der Waals surface area contributed by atoms with Crippen molar-refractivity contribution in [2.75, 3.05) is 39.8 Å². The number of hydrogen-bond donors (Lipinski definition) is 2. The molecule has 2 heterocycles. The highest BCUT2D eigenvalue weighted by Gasteiger charge is 2.42. The Morgan fingerprint density at radius 3 is 2.61 bits per heavy atom. The van der Waals surface area contributed by atoms with Crippen molar-refractivity contribution >= 4 is 5.91 Å². The van der Waals surface area contributed by atoms with E-state index in [0.717, 1.165) is 63.0 Å². The molecule has 2 aromatic carbocycles. The second-order valence-corrected chi connectivity index (χ2v) is 11.0. The summed E-state index contributed by atoms with van der Waals surface area (Å²) in [6.45, 7) is 5.76. The number of nitrogens with zero attached hydrogens (tertiary/aromatic N) is 4. The SMILES string of the molecule is CCN(C)CC1(O)CCCCC1n1cnc(C(=O)N2CCNC[C@H]2Cc2ccccc2)c1-c1ccccc1. The van der Waals surface area contributed by atoms with Gasteiger partial charge >= 0.3 is 0 Å². The molecular formula is C31H41N5O2. The third kappa shape index (κ3) is 5.55. The molecule has 1 aliphatic carbocycles. The summed E-state index contributed by atoms with van der Waals surface area (Å²) in [5, 5.41) is 15.4. The first-order valence-corrected chi connectivity index (χ1v) is 14.1. The van der Waals surface area contributed by atoms with E-state index >= 15 is 0 Å². The number of nitrogens with one attached hydrogen (secondary N) is 1. The maximum Gasteiger partial charge on any atom is 0.275 e. The van der Waals surface area contributed by atoms with E-state index in [1.54, 1.807) is 6.33 Å². The Labute approximate surface area is 226 Å². The summed E-state index contributed by atoms with van der Waals surface area (Å²) in [5.41, 5.74) is 2.60. The molecule has 2 N–H and O–H groups in total. The molecule has 1 saturated heterocycles. The number of imidazole rings is 1. The van der Waals surface area contributed by atoms with Gasteiger partial charge in [-0.1, -0.05) is 80.4 Å². The van der Waals surface area contributed by atoms with Crippen LogP contribution < -0.4 is 5.32 Å². The molecule has 202 valence electrons. The zero-order chi connectivity index (χ0) is 26.5. The van der Waals surface area contributed by atoms with Crippen molar-refractivity contribution in [2.45, 2.75) is 56.7 Å². The maximum absolute atomic E-state index is 14.2. The van der Waals surface area contributed by atoms with Crippen LogP contribution in [0.5, 0.6) is 0 Å². The minimum Gasteiger partial charge on any atom is -0.386 e. The van der Waals surface area contributed by atoms with E-state index < -0.39 is 5.60 Å². The van der Waals surface area contributed by atoms with Crippen LogP contribution in [0.1, 0.15) is 54.7 Å². The maximum atomic E-state index is 14.2. The number of carbonyl (C=O) groups is 1. The number of rotatable bonds is 8. The fraction of sp³-hybridized carbons (Fsp3) is 0.484. The Balaban J connectivity index is 1.53. The Hall–Kier alpha value is -3.00. The number of aliphatic hydroxyl groups is 1. The minimum absolute atomic E-state index is 0.0324. The van der Waals surface area contributed by atoms with Crippen molar-refractivity contribution in [1.82, 2.24) is 24.7 Å². The average molecular weight is 516 g/mol. The van der Waals surface area contributed by atoms with Gasteiger partial charge in [0.1, 0.15) is 0 Å². The van der Waals surface area contributed by atoms with Gasteiger partial charge in [0, 0.05) is 37.8 Å². The molecule has 1 amide bonds. The molecule has 0 bridgehead atoms. The second kappa shape index (κ2) is 11.8. The van der Waals surface area contributed by atoms with Crippen LogP contribution in [0, 0.1) is 0 Å². The Bertz CT molecular complexity index is 1200. The van der Waals surface area contributed by atoms with E-state index in [2.05, 4.69) is 40.9 Å². The second-order valence-electron chi connectivity index (χ2n) is 11.0. The highest BCUT2D eigenvalue weighted by Crippen LogP contribution is 2.41. The van der Waals surface area contributed by atoms with E-state index in [4.69, 9.17) is 4.98 Å². The molecule has 0 spiro atoms. The largest absolute Gasteiger partial charge is 0.386 e. The standard InChI is InChI=1S/C31H41N5O2/c1-3-34(2)22-31(38)17-11-10-16-27(31)36-23-33-28(29(36)25-14-8-5-9-15-25)30(37)35-19-18-32-21-26(35)20-24-12-6-4-7-13-24/h4-9,12-15,23,26-27,32,38H,3,10-11,16-22H2,1-2H3/t26-,27?,31?/m1/s1. The zero-order valence-corrected chi connectivity index (χ0v) is 22.7. The smallest absolute Gasteiger partial charge is 0.275 e. The molecule has 3 aromatic rings. The van der Waals surface area contributed by atoms with Crippen molar-refractivity contribution in [3.8, 4) is 11.3 Å². The summed E-state index contributed by atoms with van der Waals surface area (Å²) in [6, 6.07) is 20.4. The number of piperazine rings is 1. The lowest BCUT2D eigenvalue weighted by atomic mass is 9.79. The molecule has 5 rings (SSSR count). The molecule has 3 atom stereocenters. The van der Waals surface area contributed by atoms with E-state index in [1.165, 1.54) is 5.56 Å². The van der Waals surface area contributed by atoms with Crippen molar-refractivity contribution < 1.29 is 9.90 Å². The normalized spacial score (nSPS) is 24.1. The number of hydrogen-bond acceptors (Lipinski definition) is 5. The van der Waals surface area contributed by atoms with Crippen LogP contribution in [0.15, 0.2) is 67.0 Å². The van der Waals surface area contributed by atoms with Crippen LogP contribution in [0.25, 0.3) is 11.3 Å². The first-order chi connectivity index (χ1) is 18.5. The van der Waals surface area contributed by atoms with Gasteiger partial charge in [0.05, 0.1) is 23.7 Å². The fourth-order valence-corrected chi connectivity index (χ4v) is 6.23. The van der Waals surface area contributed by atoms with Gasteiger partial charge < -0.3 is 24.8 Å². The van der Waals surface area contributed by atoms with E-state index in [1.807, 2.05) is 53.4 Å². The first kappa shape index (κ1) is 26.6. The third-order valence-corrected chi connectivity index (χ3v) is 8.35. The van der Waals surface area contributed by atoms with Crippen LogP contribution in [0.3, 0.4) is 0 Å². The molecule has 38 heavy (non-hydrogen) atoms. The van der Waals surface area contributed by atoms with E-state index in [-0.39, 0.29) is 18.0 Å². The Morgan fingerprint density at radius 1 is 1.13 bits per heavy atom. The average Bonchev–Trinajstić information content (AvgIpc) is 3.39. The monoisotopic (exact) mass is 515 g/mol. The predicted molar refractivity (Wildman–Crippen MR) is 151 cm³/mol. The third-order valence-electron chi connectivity index (χ3n) is 8.35. The molecule has 7 nitrogen and oxygen atoms in total. The lowest BCUT2D eigenvalue weighted by molar-refractivity contribution is -0.0598. The fourth-order valence-electron chi connectivity index (χ4n) is 6.23. The van der Waals surface area contributed by atoms with Gasteiger partial charge in [-0.15, -0.1) is 0 Å². The van der Waals surface area contributed by atoms with Crippen LogP contribution in [0.2, 0.25) is 0 Å². The summed E-state index contributed by atoms with van der Waals surface area (Å²) in [6.07, 6.45) is 6.27. The van der Waals surface area contributed by atoms with Crippen LogP contribution >= 0.6 is 0 Å². The molecule has 2 unspecified atom stereocenters. The number of benzene rings is 2. The molecule has 2 aliphatic rings. The highest BCUT2D eigenvalue weighted by atomic mass is 16.3. The van der Waals surface area contributed by atoms with Gasteiger partial charge in [-0.2, -0.15) is 0 Å². The van der Waals surface area contributed by atoms with Gasteiger partial charge in [-0.3, -0.25) is 4.79 Å². The van der Waals surface area contributed by atoms with Gasteiger partial charge in [-0.05, 0) is 38.4 Å².